The molecule has 0 fully saturated rings. The Morgan fingerprint density at radius 2 is 2.00 bits per heavy atom. The van der Waals surface area contributed by atoms with Gasteiger partial charge in [0.15, 0.2) is 5.69 Å². The van der Waals surface area contributed by atoms with E-state index in [2.05, 4.69) is 20.4 Å². The summed E-state index contributed by atoms with van der Waals surface area (Å²) >= 11 is 0. The monoisotopic (exact) mass is 276 g/mol. The third-order valence-corrected chi connectivity index (χ3v) is 2.95. The van der Waals surface area contributed by atoms with E-state index in [1.807, 2.05) is 47.3 Å². The molecular formula is C15H12N6. The van der Waals surface area contributed by atoms with Crippen LogP contribution in [0, 0.1) is 11.3 Å². The van der Waals surface area contributed by atoms with Gasteiger partial charge in [-0.3, -0.25) is 0 Å². The highest BCUT2D eigenvalue weighted by Gasteiger charge is 1.99. The van der Waals surface area contributed by atoms with Crippen LogP contribution in [0.4, 0.5) is 5.82 Å². The number of nitrogens with zero attached hydrogens (tertiary/aromatic N) is 5. The molecule has 0 atom stereocenters. The Morgan fingerprint density at radius 1 is 1.14 bits per heavy atom. The molecule has 0 bridgehead atoms. The van der Waals surface area contributed by atoms with Crippen LogP contribution in [0.5, 0.6) is 0 Å². The fourth-order valence-corrected chi connectivity index (χ4v) is 1.86. The molecule has 0 aliphatic heterocycles. The van der Waals surface area contributed by atoms with E-state index in [4.69, 9.17) is 5.26 Å². The van der Waals surface area contributed by atoms with E-state index in [0.717, 1.165) is 11.3 Å². The largest absolute Gasteiger partial charge is 0.365 e. The lowest BCUT2D eigenvalue weighted by atomic mass is 10.2. The lowest BCUT2D eigenvalue weighted by Crippen LogP contribution is -2.02. The van der Waals surface area contributed by atoms with Gasteiger partial charge in [-0.25, -0.2) is 14.6 Å². The summed E-state index contributed by atoms with van der Waals surface area (Å²) in [5.41, 5.74) is 2.45. The van der Waals surface area contributed by atoms with Crippen molar-refractivity contribution in [3.05, 3.63) is 66.4 Å². The topological polar surface area (TPSA) is 79.4 Å². The van der Waals surface area contributed by atoms with Crippen molar-refractivity contribution in [3.63, 3.8) is 0 Å². The van der Waals surface area contributed by atoms with Crippen molar-refractivity contribution in [1.82, 2.24) is 19.7 Å². The van der Waals surface area contributed by atoms with Crippen molar-refractivity contribution in [2.45, 2.75) is 6.54 Å². The molecule has 6 nitrogen and oxygen atoms in total. The first kappa shape index (κ1) is 12.8. The van der Waals surface area contributed by atoms with Crippen LogP contribution >= 0.6 is 0 Å². The number of rotatable bonds is 4. The van der Waals surface area contributed by atoms with Crippen molar-refractivity contribution < 1.29 is 0 Å². The molecule has 0 aliphatic rings. The number of nitriles is 1. The van der Waals surface area contributed by atoms with Gasteiger partial charge < -0.3 is 5.32 Å². The molecule has 0 amide bonds. The van der Waals surface area contributed by atoms with Crippen molar-refractivity contribution >= 4 is 5.82 Å². The highest BCUT2D eigenvalue weighted by atomic mass is 15.3. The summed E-state index contributed by atoms with van der Waals surface area (Å²) in [4.78, 5) is 8.07. The standard InChI is InChI=1S/C15H12N6/c16-8-13-10-19-15(11-17-13)18-9-12-2-4-14(5-3-12)21-7-1-6-20-21/h1-7,10-11H,9H2,(H,18,19). The van der Waals surface area contributed by atoms with Crippen LogP contribution in [-0.4, -0.2) is 19.7 Å². The molecular weight excluding hydrogens is 264 g/mol. The minimum atomic E-state index is 0.309. The van der Waals surface area contributed by atoms with Gasteiger partial charge in [0.1, 0.15) is 11.9 Å². The molecule has 0 spiro atoms. The van der Waals surface area contributed by atoms with Gasteiger partial charge in [0.05, 0.1) is 18.1 Å². The van der Waals surface area contributed by atoms with Gasteiger partial charge in [-0.1, -0.05) is 12.1 Å². The Labute approximate surface area is 121 Å². The number of anilines is 1. The first-order chi connectivity index (χ1) is 10.3. The zero-order valence-corrected chi connectivity index (χ0v) is 11.1. The minimum Gasteiger partial charge on any atom is -0.365 e. The fourth-order valence-electron chi connectivity index (χ4n) is 1.86. The first-order valence-corrected chi connectivity index (χ1v) is 6.40. The zero-order valence-electron chi connectivity index (χ0n) is 11.1. The highest BCUT2D eigenvalue weighted by Crippen LogP contribution is 2.10. The second-order valence-electron chi connectivity index (χ2n) is 4.37. The van der Waals surface area contributed by atoms with Gasteiger partial charge >= 0.3 is 0 Å². The fraction of sp³-hybridized carbons (Fsp3) is 0.0667. The normalized spacial score (nSPS) is 10.0. The van der Waals surface area contributed by atoms with Crippen molar-refractivity contribution in [1.29, 1.82) is 5.26 Å². The van der Waals surface area contributed by atoms with Crippen LogP contribution < -0.4 is 5.32 Å². The Kier molecular flexibility index (Phi) is 3.56. The van der Waals surface area contributed by atoms with Crippen molar-refractivity contribution in [2.24, 2.45) is 0 Å². The maximum absolute atomic E-state index is 8.66. The molecule has 1 N–H and O–H groups in total. The van der Waals surface area contributed by atoms with E-state index in [9.17, 15) is 0 Å². The molecule has 2 aromatic heterocycles. The third-order valence-electron chi connectivity index (χ3n) is 2.95. The lowest BCUT2D eigenvalue weighted by molar-refractivity contribution is 0.879. The summed E-state index contributed by atoms with van der Waals surface area (Å²) in [5, 5.41) is 16.0. The number of hydrogen-bond acceptors (Lipinski definition) is 5. The van der Waals surface area contributed by atoms with Crippen LogP contribution in [0.1, 0.15) is 11.3 Å². The van der Waals surface area contributed by atoms with Gasteiger partial charge in [0.2, 0.25) is 0 Å². The molecule has 0 unspecified atom stereocenters. The number of benzene rings is 1. The SMILES string of the molecule is N#Cc1cnc(NCc2ccc(-n3cccn3)cc2)cn1. The van der Waals surface area contributed by atoms with Gasteiger partial charge in [-0.15, -0.1) is 0 Å². The third kappa shape index (κ3) is 3.04. The molecule has 102 valence electrons. The molecule has 0 saturated heterocycles. The summed E-state index contributed by atoms with van der Waals surface area (Å²) in [7, 11) is 0. The number of hydrogen-bond donors (Lipinski definition) is 1. The average Bonchev–Trinajstić information content (AvgIpc) is 3.08. The molecule has 0 saturated carbocycles. The van der Waals surface area contributed by atoms with Gasteiger partial charge in [0, 0.05) is 18.9 Å². The summed E-state index contributed by atoms with van der Waals surface area (Å²) in [6, 6.07) is 11.9. The number of nitrogens with one attached hydrogen (secondary N) is 1. The molecule has 0 aliphatic carbocycles. The van der Waals surface area contributed by atoms with Crippen LogP contribution in [-0.2, 0) is 6.54 Å². The van der Waals surface area contributed by atoms with E-state index in [0.29, 0.717) is 18.1 Å². The quantitative estimate of drug-likeness (QED) is 0.789. The van der Waals surface area contributed by atoms with E-state index in [1.165, 1.54) is 6.20 Å². The van der Waals surface area contributed by atoms with Gasteiger partial charge in [-0.05, 0) is 23.8 Å². The molecule has 21 heavy (non-hydrogen) atoms. The number of aromatic nitrogens is 4. The van der Waals surface area contributed by atoms with E-state index in [1.54, 1.807) is 12.4 Å². The first-order valence-electron chi connectivity index (χ1n) is 6.40. The lowest BCUT2D eigenvalue weighted by Gasteiger charge is -2.06. The summed E-state index contributed by atoms with van der Waals surface area (Å²) in [5.74, 6) is 0.644. The van der Waals surface area contributed by atoms with Crippen LogP contribution in [0.2, 0.25) is 0 Å². The summed E-state index contributed by atoms with van der Waals surface area (Å²) < 4.78 is 1.81. The van der Waals surface area contributed by atoms with E-state index >= 15 is 0 Å². The predicted octanol–water partition coefficient (Wildman–Crippen LogP) is 2.15. The second-order valence-corrected chi connectivity index (χ2v) is 4.37. The zero-order chi connectivity index (χ0) is 14.5. The minimum absolute atomic E-state index is 0.309. The Morgan fingerprint density at radius 3 is 2.62 bits per heavy atom. The molecule has 3 rings (SSSR count). The smallest absolute Gasteiger partial charge is 0.158 e. The average molecular weight is 276 g/mol. The van der Waals surface area contributed by atoms with Crippen LogP contribution in [0.3, 0.4) is 0 Å². The van der Waals surface area contributed by atoms with E-state index in [-0.39, 0.29) is 0 Å². The molecule has 1 aromatic carbocycles. The van der Waals surface area contributed by atoms with Crippen LogP contribution in [0.25, 0.3) is 5.69 Å². The Balaban J connectivity index is 1.64. The Hall–Kier alpha value is -3.20. The molecule has 6 heteroatoms. The predicted molar refractivity (Wildman–Crippen MR) is 77.6 cm³/mol. The van der Waals surface area contributed by atoms with Crippen LogP contribution in [0.15, 0.2) is 55.1 Å². The molecule has 2 heterocycles. The second kappa shape index (κ2) is 5.84. The van der Waals surface area contributed by atoms with Crippen molar-refractivity contribution in [3.8, 4) is 11.8 Å². The van der Waals surface area contributed by atoms with Gasteiger partial charge in [-0.2, -0.15) is 10.4 Å². The summed E-state index contributed by atoms with van der Waals surface area (Å²) in [6.45, 7) is 0.639. The van der Waals surface area contributed by atoms with Gasteiger partial charge in [0.25, 0.3) is 0 Å². The maximum atomic E-state index is 8.66. The maximum Gasteiger partial charge on any atom is 0.158 e. The molecule has 0 radical (unpaired) electrons. The summed E-state index contributed by atoms with van der Waals surface area (Å²) in [6.07, 6.45) is 6.65. The highest BCUT2D eigenvalue weighted by molar-refractivity contribution is 5.37. The van der Waals surface area contributed by atoms with Crippen molar-refractivity contribution in [2.75, 3.05) is 5.32 Å². The molecule has 3 aromatic rings. The Bertz CT molecular complexity index is 738. The van der Waals surface area contributed by atoms with E-state index < -0.39 is 0 Å².